The maximum Gasteiger partial charge on any atom is 0.294 e. The van der Waals surface area contributed by atoms with Gasteiger partial charge in [-0.2, -0.15) is 13.5 Å². The van der Waals surface area contributed by atoms with Gasteiger partial charge in [0.25, 0.3) is 16.0 Å². The fourth-order valence-corrected chi connectivity index (χ4v) is 4.04. The number of hydrogen-bond acceptors (Lipinski definition) is 5. The zero-order chi connectivity index (χ0) is 21.3. The molecule has 0 saturated carbocycles. The summed E-state index contributed by atoms with van der Waals surface area (Å²) in [6.07, 6.45) is 1.52. The second-order valence-electron chi connectivity index (χ2n) is 6.25. The Bertz CT molecular complexity index is 1310. The summed E-state index contributed by atoms with van der Waals surface area (Å²) in [5.74, 6) is -0.902. The first kappa shape index (κ1) is 20.0. The first-order valence-corrected chi connectivity index (χ1v) is 10.9. The summed E-state index contributed by atoms with van der Waals surface area (Å²) in [7, 11) is -4.40. The zero-order valence-electron chi connectivity index (χ0n) is 15.2. The largest absolute Gasteiger partial charge is 0.322 e. The number of nitrogens with one attached hydrogen (secondary N) is 1. The molecule has 2 N–H and O–H groups in total. The van der Waals surface area contributed by atoms with E-state index in [1.54, 1.807) is 0 Å². The highest BCUT2D eigenvalue weighted by atomic mass is 32.2. The van der Waals surface area contributed by atoms with Crippen molar-refractivity contribution in [1.29, 1.82) is 0 Å². The number of benzene rings is 2. The molecule has 0 radical (unpaired) electrons. The maximum absolute atomic E-state index is 13.2. The standard InChI is InChI=1S/C20H14FN3O4S2/c21-13-6-8-15(9-7-13)24-12-17(19(23-24)18-5-2-10-29-18)20(25)22-14-3-1-4-16(11-14)30(26,27)28/h1-12H,(H,22,25)(H,26,27,28). The van der Waals surface area contributed by atoms with Crippen LogP contribution in [0.2, 0.25) is 0 Å². The molecule has 0 bridgehead atoms. The van der Waals surface area contributed by atoms with Gasteiger partial charge in [0.2, 0.25) is 0 Å². The molecule has 2 aromatic carbocycles. The van der Waals surface area contributed by atoms with Crippen LogP contribution in [0.1, 0.15) is 10.4 Å². The molecule has 4 rings (SSSR count). The summed E-state index contributed by atoms with van der Waals surface area (Å²) < 4.78 is 46.6. The third kappa shape index (κ3) is 4.15. The number of halogens is 1. The first-order valence-electron chi connectivity index (χ1n) is 8.60. The number of nitrogens with zero attached hydrogens (tertiary/aromatic N) is 2. The minimum absolute atomic E-state index is 0.196. The maximum atomic E-state index is 13.2. The van der Waals surface area contributed by atoms with Crippen LogP contribution in [0, 0.1) is 5.82 Å². The van der Waals surface area contributed by atoms with Gasteiger partial charge in [-0.05, 0) is 53.9 Å². The van der Waals surface area contributed by atoms with Gasteiger partial charge in [-0.15, -0.1) is 11.3 Å². The molecule has 152 valence electrons. The van der Waals surface area contributed by atoms with Gasteiger partial charge in [0.15, 0.2) is 0 Å². The van der Waals surface area contributed by atoms with Crippen LogP contribution >= 0.6 is 11.3 Å². The Hall–Kier alpha value is -3.34. The molecule has 1 amide bonds. The van der Waals surface area contributed by atoms with E-state index in [4.69, 9.17) is 0 Å². The molecule has 0 spiro atoms. The lowest BCUT2D eigenvalue weighted by molar-refractivity contribution is 0.102. The molecule has 0 aliphatic rings. The van der Waals surface area contributed by atoms with Crippen molar-refractivity contribution in [2.45, 2.75) is 4.90 Å². The van der Waals surface area contributed by atoms with Gasteiger partial charge in [-0.1, -0.05) is 12.1 Å². The predicted molar refractivity (Wildman–Crippen MR) is 111 cm³/mol. The average Bonchev–Trinajstić information content (AvgIpc) is 3.38. The van der Waals surface area contributed by atoms with E-state index >= 15 is 0 Å². The van der Waals surface area contributed by atoms with Crippen LogP contribution in [-0.4, -0.2) is 28.7 Å². The van der Waals surface area contributed by atoms with Gasteiger partial charge < -0.3 is 5.32 Å². The Labute approximate surface area is 175 Å². The van der Waals surface area contributed by atoms with Gasteiger partial charge in [0, 0.05) is 11.9 Å². The summed E-state index contributed by atoms with van der Waals surface area (Å²) in [6.45, 7) is 0. The van der Waals surface area contributed by atoms with E-state index in [-0.39, 0.29) is 22.0 Å². The molecule has 0 fully saturated rings. The third-order valence-electron chi connectivity index (χ3n) is 4.19. The lowest BCUT2D eigenvalue weighted by atomic mass is 10.2. The Morgan fingerprint density at radius 3 is 2.53 bits per heavy atom. The van der Waals surface area contributed by atoms with Crippen molar-refractivity contribution in [3.8, 4) is 16.3 Å². The van der Waals surface area contributed by atoms with Crippen LogP contribution in [0.25, 0.3) is 16.3 Å². The number of rotatable bonds is 5. The number of thiophene rings is 1. The van der Waals surface area contributed by atoms with Gasteiger partial charge in [0.05, 0.1) is 21.0 Å². The minimum atomic E-state index is -4.40. The van der Waals surface area contributed by atoms with E-state index in [1.807, 2.05) is 17.5 Å². The lowest BCUT2D eigenvalue weighted by Crippen LogP contribution is -2.12. The summed E-state index contributed by atoms with van der Waals surface area (Å²) in [5.41, 5.74) is 1.44. The van der Waals surface area contributed by atoms with Crippen LogP contribution in [0.3, 0.4) is 0 Å². The van der Waals surface area contributed by atoms with Crippen LogP contribution in [0.5, 0.6) is 0 Å². The van der Waals surface area contributed by atoms with Crippen molar-refractivity contribution in [3.05, 3.63) is 83.6 Å². The second kappa shape index (κ2) is 7.82. The molecule has 0 atom stereocenters. The molecule has 0 saturated heterocycles. The molecule has 0 unspecified atom stereocenters. The quantitative estimate of drug-likeness (QED) is 0.449. The number of aromatic nitrogens is 2. The van der Waals surface area contributed by atoms with E-state index in [2.05, 4.69) is 10.4 Å². The smallest absolute Gasteiger partial charge is 0.294 e. The summed E-state index contributed by atoms with van der Waals surface area (Å²) in [6, 6.07) is 14.6. The predicted octanol–water partition coefficient (Wildman–Crippen LogP) is 4.24. The van der Waals surface area contributed by atoms with E-state index in [9.17, 15) is 22.2 Å². The number of hydrogen-bond donors (Lipinski definition) is 2. The Morgan fingerprint density at radius 2 is 1.87 bits per heavy atom. The number of carbonyl (C=O) groups excluding carboxylic acids is 1. The average molecular weight is 443 g/mol. The molecular weight excluding hydrogens is 429 g/mol. The van der Waals surface area contributed by atoms with Crippen molar-refractivity contribution in [1.82, 2.24) is 9.78 Å². The van der Waals surface area contributed by atoms with Gasteiger partial charge in [0.1, 0.15) is 11.5 Å². The van der Waals surface area contributed by atoms with E-state index < -0.39 is 16.0 Å². The highest BCUT2D eigenvalue weighted by molar-refractivity contribution is 7.85. The van der Waals surface area contributed by atoms with Crippen LogP contribution in [0.4, 0.5) is 10.1 Å². The third-order valence-corrected chi connectivity index (χ3v) is 5.92. The second-order valence-corrected chi connectivity index (χ2v) is 8.62. The van der Waals surface area contributed by atoms with Crippen molar-refractivity contribution in [2.75, 3.05) is 5.32 Å². The van der Waals surface area contributed by atoms with Crippen molar-refractivity contribution in [2.24, 2.45) is 0 Å². The Morgan fingerprint density at radius 1 is 1.10 bits per heavy atom. The van der Waals surface area contributed by atoms with Crippen LogP contribution in [0.15, 0.2) is 77.1 Å². The van der Waals surface area contributed by atoms with Crippen molar-refractivity contribution >= 4 is 33.0 Å². The molecule has 2 aromatic heterocycles. The monoisotopic (exact) mass is 443 g/mol. The number of anilines is 1. The molecule has 10 heteroatoms. The highest BCUT2D eigenvalue weighted by Crippen LogP contribution is 2.28. The topological polar surface area (TPSA) is 101 Å². The molecule has 0 aliphatic carbocycles. The Kier molecular flexibility index (Phi) is 5.20. The van der Waals surface area contributed by atoms with E-state index in [0.717, 1.165) is 10.9 Å². The SMILES string of the molecule is O=C(Nc1cccc(S(=O)(=O)O)c1)c1cn(-c2ccc(F)cc2)nc1-c1cccs1. The summed E-state index contributed by atoms with van der Waals surface area (Å²) in [4.78, 5) is 13.4. The summed E-state index contributed by atoms with van der Waals surface area (Å²) in [5, 5.41) is 8.95. The minimum Gasteiger partial charge on any atom is -0.322 e. The Balaban J connectivity index is 1.72. The van der Waals surface area contributed by atoms with Crippen molar-refractivity contribution in [3.63, 3.8) is 0 Å². The van der Waals surface area contributed by atoms with E-state index in [0.29, 0.717) is 11.4 Å². The van der Waals surface area contributed by atoms with Gasteiger partial charge >= 0.3 is 0 Å². The van der Waals surface area contributed by atoms with E-state index in [1.165, 1.54) is 64.7 Å². The van der Waals surface area contributed by atoms with Crippen LogP contribution in [-0.2, 0) is 10.1 Å². The molecule has 2 heterocycles. The van der Waals surface area contributed by atoms with Crippen LogP contribution < -0.4 is 5.32 Å². The normalized spacial score (nSPS) is 11.4. The zero-order valence-corrected chi connectivity index (χ0v) is 16.8. The summed E-state index contributed by atoms with van der Waals surface area (Å²) >= 11 is 1.40. The van der Waals surface area contributed by atoms with Gasteiger partial charge in [-0.25, -0.2) is 9.07 Å². The van der Waals surface area contributed by atoms with Gasteiger partial charge in [-0.3, -0.25) is 9.35 Å². The number of amides is 1. The molecular formula is C20H14FN3O4S2. The molecule has 0 aliphatic heterocycles. The number of carbonyl (C=O) groups is 1. The fourth-order valence-electron chi connectivity index (χ4n) is 2.79. The first-order chi connectivity index (χ1) is 14.3. The van der Waals surface area contributed by atoms with Crippen molar-refractivity contribution < 1.29 is 22.2 Å². The highest BCUT2D eigenvalue weighted by Gasteiger charge is 2.20. The fraction of sp³-hybridized carbons (Fsp3) is 0. The lowest BCUT2D eigenvalue weighted by Gasteiger charge is -2.06. The molecule has 7 nitrogen and oxygen atoms in total. The molecule has 4 aromatic rings. The molecule has 30 heavy (non-hydrogen) atoms.